The summed E-state index contributed by atoms with van der Waals surface area (Å²) in [5.41, 5.74) is 16.5. The second-order valence-electron chi connectivity index (χ2n) is 17.4. The molecule has 14 aromatic rings. The fraction of sp³-hybridized carbons (Fsp3) is 0. The van der Waals surface area contributed by atoms with E-state index in [1.807, 2.05) is 0 Å². The molecule has 66 heavy (non-hydrogen) atoms. The third-order valence-corrected chi connectivity index (χ3v) is 13.6. The maximum atomic E-state index is 5.45. The zero-order valence-corrected chi connectivity index (χ0v) is 35.7. The fourth-order valence-electron chi connectivity index (χ4n) is 10.6. The van der Waals surface area contributed by atoms with Gasteiger partial charge in [-0.25, -0.2) is 9.97 Å². The molecule has 11 aromatic carbocycles. The van der Waals surface area contributed by atoms with Crippen molar-refractivity contribution >= 4 is 65.2 Å². The van der Waals surface area contributed by atoms with Crippen molar-refractivity contribution in [1.29, 1.82) is 0 Å². The number of nitrogens with zero attached hydrogens (tertiary/aromatic N) is 4. The molecule has 4 nitrogen and oxygen atoms in total. The SMILES string of the molecule is c1ccc(-c2cc3ccc4cc(-c5cc6ccc7cc(-c8ccccc8)cc8c7c6c(c5)n8-c5nc(-c6ccccc6)cc(-c6ccccc6)n5)cc5c4c3c(c2)n5-c2ccccc2)cc1. The minimum absolute atomic E-state index is 0.635. The lowest BCUT2D eigenvalue weighted by atomic mass is 9.93. The van der Waals surface area contributed by atoms with Gasteiger partial charge < -0.3 is 4.57 Å². The van der Waals surface area contributed by atoms with Crippen LogP contribution in [-0.4, -0.2) is 19.1 Å². The Balaban J connectivity index is 1.07. The lowest BCUT2D eigenvalue weighted by Crippen LogP contribution is -2.04. The van der Waals surface area contributed by atoms with Gasteiger partial charge in [-0.1, -0.05) is 164 Å². The Labute approximate surface area is 380 Å². The molecule has 0 radical (unpaired) electrons. The smallest absolute Gasteiger partial charge is 0.235 e. The van der Waals surface area contributed by atoms with Crippen LogP contribution in [0.25, 0.3) is 133 Å². The van der Waals surface area contributed by atoms with Gasteiger partial charge in [-0.15, -0.1) is 0 Å². The van der Waals surface area contributed by atoms with E-state index in [1.165, 1.54) is 70.8 Å². The van der Waals surface area contributed by atoms with Crippen molar-refractivity contribution in [3.05, 3.63) is 231 Å². The molecule has 0 bridgehead atoms. The van der Waals surface area contributed by atoms with Crippen LogP contribution >= 0.6 is 0 Å². The summed E-state index contributed by atoms with van der Waals surface area (Å²) in [5, 5.41) is 9.81. The lowest BCUT2D eigenvalue weighted by molar-refractivity contribution is 0.996. The third-order valence-electron chi connectivity index (χ3n) is 13.6. The summed E-state index contributed by atoms with van der Waals surface area (Å²) < 4.78 is 4.78. The Kier molecular flexibility index (Phi) is 7.95. The molecule has 0 aliphatic rings. The van der Waals surface area contributed by atoms with E-state index in [4.69, 9.17) is 9.97 Å². The summed E-state index contributed by atoms with van der Waals surface area (Å²) in [4.78, 5) is 10.9. The first kappa shape index (κ1) is 36.6. The standard InChI is InChI=1S/C62H38N4/c1-6-16-39(17-7-1)47-30-43-26-28-45-32-49(36-55-59(45)58(43)54(34-47)65(55)51-24-14-5-15-25-51)50-33-46-29-27-44-31-48(40-18-8-2-9-19-40)35-56-60(44)61(46)57(37-50)66(56)62-63-52(41-20-10-3-11-21-41)38-53(64-62)42-22-12-4-13-23-42/h1-38H. The number of benzene rings is 11. The molecule has 0 aliphatic heterocycles. The van der Waals surface area contributed by atoms with Gasteiger partial charge in [0.15, 0.2) is 0 Å². The van der Waals surface area contributed by atoms with Gasteiger partial charge in [0.05, 0.1) is 33.5 Å². The highest BCUT2D eigenvalue weighted by Gasteiger charge is 2.24. The van der Waals surface area contributed by atoms with E-state index in [0.29, 0.717) is 5.95 Å². The highest BCUT2D eigenvalue weighted by Crippen LogP contribution is 2.46. The molecule has 0 amide bonds. The van der Waals surface area contributed by atoms with Crippen LogP contribution in [0, 0.1) is 0 Å². The Morgan fingerprint density at radius 1 is 0.242 bits per heavy atom. The van der Waals surface area contributed by atoms with Crippen molar-refractivity contribution in [1.82, 2.24) is 19.1 Å². The first-order valence-electron chi connectivity index (χ1n) is 22.6. The van der Waals surface area contributed by atoms with Crippen molar-refractivity contribution in [3.63, 3.8) is 0 Å². The third kappa shape index (κ3) is 5.65. The number of hydrogen-bond donors (Lipinski definition) is 0. The molecule has 0 atom stereocenters. The zero-order valence-electron chi connectivity index (χ0n) is 35.7. The molecular weight excluding hydrogens is 801 g/mol. The summed E-state index contributed by atoms with van der Waals surface area (Å²) in [6.45, 7) is 0. The van der Waals surface area contributed by atoms with E-state index in [2.05, 4.69) is 240 Å². The van der Waals surface area contributed by atoms with Crippen molar-refractivity contribution in [3.8, 4) is 67.5 Å². The number of para-hydroxylation sites is 1. The first-order valence-corrected chi connectivity index (χ1v) is 22.6. The molecule has 0 fully saturated rings. The van der Waals surface area contributed by atoms with Crippen molar-refractivity contribution in [2.45, 2.75) is 0 Å². The Bertz CT molecular complexity index is 4060. The quantitative estimate of drug-likeness (QED) is 0.150. The van der Waals surface area contributed by atoms with Gasteiger partial charge in [0.2, 0.25) is 5.95 Å². The van der Waals surface area contributed by atoms with Crippen LogP contribution in [-0.2, 0) is 0 Å². The van der Waals surface area contributed by atoms with E-state index in [1.54, 1.807) is 0 Å². The molecule has 0 aliphatic carbocycles. The second-order valence-corrected chi connectivity index (χ2v) is 17.4. The highest BCUT2D eigenvalue weighted by atomic mass is 15.2. The van der Waals surface area contributed by atoms with Crippen LogP contribution in [0.4, 0.5) is 0 Å². The van der Waals surface area contributed by atoms with Gasteiger partial charge in [-0.2, -0.15) is 0 Å². The molecule has 0 saturated heterocycles. The zero-order chi connectivity index (χ0) is 43.3. The van der Waals surface area contributed by atoms with Crippen LogP contribution in [0.5, 0.6) is 0 Å². The predicted molar refractivity (Wildman–Crippen MR) is 275 cm³/mol. The minimum atomic E-state index is 0.635. The average molecular weight is 839 g/mol. The van der Waals surface area contributed by atoms with Gasteiger partial charge in [-0.3, -0.25) is 4.57 Å². The highest BCUT2D eigenvalue weighted by molar-refractivity contribution is 6.27. The molecule has 0 spiro atoms. The molecule has 3 aromatic heterocycles. The molecule has 0 unspecified atom stereocenters. The van der Waals surface area contributed by atoms with E-state index >= 15 is 0 Å². The monoisotopic (exact) mass is 838 g/mol. The van der Waals surface area contributed by atoms with Crippen molar-refractivity contribution < 1.29 is 0 Å². The van der Waals surface area contributed by atoms with Gasteiger partial charge in [-0.05, 0) is 122 Å². The molecule has 0 N–H and O–H groups in total. The van der Waals surface area contributed by atoms with Crippen LogP contribution in [0.1, 0.15) is 0 Å². The molecule has 0 saturated carbocycles. The van der Waals surface area contributed by atoms with Gasteiger partial charge in [0.1, 0.15) is 0 Å². The number of rotatable bonds is 7. The van der Waals surface area contributed by atoms with E-state index < -0.39 is 0 Å². The number of hydrogen-bond acceptors (Lipinski definition) is 2. The minimum Gasteiger partial charge on any atom is -0.309 e. The second kappa shape index (κ2) is 14.3. The topological polar surface area (TPSA) is 35.6 Å². The maximum absolute atomic E-state index is 5.45. The van der Waals surface area contributed by atoms with Gasteiger partial charge >= 0.3 is 0 Å². The lowest BCUT2D eigenvalue weighted by Gasteiger charge is -2.13. The van der Waals surface area contributed by atoms with Crippen LogP contribution in [0.3, 0.4) is 0 Å². The Morgan fingerprint density at radius 2 is 0.545 bits per heavy atom. The van der Waals surface area contributed by atoms with Gasteiger partial charge in [0.25, 0.3) is 0 Å². The van der Waals surface area contributed by atoms with Crippen molar-refractivity contribution in [2.24, 2.45) is 0 Å². The van der Waals surface area contributed by atoms with Crippen LogP contribution in [0.2, 0.25) is 0 Å². The molecular formula is C62H38N4. The van der Waals surface area contributed by atoms with Crippen LogP contribution < -0.4 is 0 Å². The van der Waals surface area contributed by atoms with Crippen molar-refractivity contribution in [2.75, 3.05) is 0 Å². The average Bonchev–Trinajstić information content (AvgIpc) is 3.91. The normalized spacial score (nSPS) is 11.9. The van der Waals surface area contributed by atoms with Crippen LogP contribution in [0.15, 0.2) is 231 Å². The first-order chi connectivity index (χ1) is 32.7. The number of aromatic nitrogens is 4. The van der Waals surface area contributed by atoms with E-state index in [0.717, 1.165) is 55.9 Å². The van der Waals surface area contributed by atoms with Gasteiger partial charge in [0, 0.05) is 38.4 Å². The largest absolute Gasteiger partial charge is 0.309 e. The van der Waals surface area contributed by atoms with E-state index in [-0.39, 0.29) is 0 Å². The molecule has 14 rings (SSSR count). The summed E-state index contributed by atoms with van der Waals surface area (Å²) in [7, 11) is 0. The van der Waals surface area contributed by atoms with E-state index in [9.17, 15) is 0 Å². The Hall–Kier alpha value is -8.86. The summed E-state index contributed by atoms with van der Waals surface area (Å²) in [6, 6.07) is 83.4. The predicted octanol–water partition coefficient (Wildman–Crippen LogP) is 16.2. The summed E-state index contributed by atoms with van der Waals surface area (Å²) in [6.07, 6.45) is 0. The molecule has 3 heterocycles. The fourth-order valence-corrected chi connectivity index (χ4v) is 10.6. The molecule has 306 valence electrons. The summed E-state index contributed by atoms with van der Waals surface area (Å²) in [5.74, 6) is 0.635. The Morgan fingerprint density at radius 3 is 0.909 bits per heavy atom. The molecule has 4 heteroatoms. The summed E-state index contributed by atoms with van der Waals surface area (Å²) >= 11 is 0. The maximum Gasteiger partial charge on any atom is 0.235 e.